The first kappa shape index (κ1) is 18.5. The van der Waals surface area contributed by atoms with Crippen LogP contribution in [0, 0.1) is 5.82 Å². The number of methoxy groups -OCH3 is 1. The predicted octanol–water partition coefficient (Wildman–Crippen LogP) is 1.67. The summed E-state index contributed by atoms with van der Waals surface area (Å²) >= 11 is 0. The highest BCUT2D eigenvalue weighted by Gasteiger charge is 2.20. The summed E-state index contributed by atoms with van der Waals surface area (Å²) in [6.45, 7) is 1.59. The fraction of sp³-hybridized carbons (Fsp3) is 0.286. The third-order valence-electron chi connectivity index (χ3n) is 3.01. The van der Waals surface area contributed by atoms with Crippen molar-refractivity contribution in [1.82, 2.24) is 14.9 Å². The van der Waals surface area contributed by atoms with Crippen LogP contribution in [0.4, 0.5) is 15.0 Å². The Labute approximate surface area is 143 Å². The van der Waals surface area contributed by atoms with Crippen LogP contribution in [0.25, 0.3) is 11.1 Å². The number of ether oxygens (including phenoxy) is 2. The summed E-state index contributed by atoms with van der Waals surface area (Å²) in [4.78, 5) is 11.2. The number of rotatable bonds is 7. The van der Waals surface area contributed by atoms with Crippen molar-refractivity contribution in [2.45, 2.75) is 6.92 Å². The molecule has 0 saturated heterocycles. The van der Waals surface area contributed by atoms with Crippen LogP contribution in [0.5, 0.6) is 5.88 Å². The highest BCUT2D eigenvalue weighted by atomic mass is 32.2. The normalized spacial score (nSPS) is 11.0. The summed E-state index contributed by atoms with van der Waals surface area (Å²) in [5, 5.41) is 9.13. The fourth-order valence-corrected chi connectivity index (χ4v) is 2.70. The number of amides is 1. The number of aromatic amines is 1. The van der Waals surface area contributed by atoms with Crippen LogP contribution in [0.1, 0.15) is 6.92 Å². The second-order valence-electron chi connectivity index (χ2n) is 4.75. The molecule has 0 saturated carbocycles. The van der Waals surface area contributed by atoms with Crippen molar-refractivity contribution in [3.8, 4) is 17.0 Å². The van der Waals surface area contributed by atoms with E-state index < -0.39 is 27.8 Å². The lowest BCUT2D eigenvalue weighted by Crippen LogP contribution is -2.35. The molecule has 0 unspecified atom stereocenters. The molecule has 2 aromatic rings. The highest BCUT2D eigenvalue weighted by molar-refractivity contribution is 7.90. The maximum absolute atomic E-state index is 13.1. The zero-order valence-corrected chi connectivity index (χ0v) is 14.3. The van der Waals surface area contributed by atoms with Gasteiger partial charge in [-0.2, -0.15) is 0 Å². The van der Waals surface area contributed by atoms with E-state index in [0.717, 1.165) is 0 Å². The molecular weight excluding hydrogens is 355 g/mol. The zero-order valence-electron chi connectivity index (χ0n) is 13.5. The molecule has 0 bridgehead atoms. The number of aromatic nitrogens is 2. The van der Waals surface area contributed by atoms with Crippen LogP contribution < -0.4 is 14.8 Å². The lowest BCUT2D eigenvalue weighted by atomic mass is 10.1. The van der Waals surface area contributed by atoms with E-state index in [4.69, 9.17) is 4.74 Å². The quantitative estimate of drug-likeness (QED) is 0.676. The molecule has 0 atom stereocenters. The zero-order chi connectivity index (χ0) is 18.4. The van der Waals surface area contributed by atoms with Crippen LogP contribution >= 0.6 is 0 Å². The smallest absolute Gasteiger partial charge is 0.420 e. The van der Waals surface area contributed by atoms with Crippen LogP contribution in [-0.2, 0) is 14.8 Å². The van der Waals surface area contributed by atoms with E-state index in [-0.39, 0.29) is 18.3 Å². The Morgan fingerprint density at radius 2 is 2.00 bits per heavy atom. The molecule has 2 rings (SSSR count). The topological polar surface area (TPSA) is 122 Å². The lowest BCUT2D eigenvalue weighted by molar-refractivity contribution is 0.158. The van der Waals surface area contributed by atoms with Crippen molar-refractivity contribution >= 4 is 21.9 Å². The fourth-order valence-electron chi connectivity index (χ4n) is 1.98. The Balaban J connectivity index is 2.19. The van der Waals surface area contributed by atoms with Gasteiger partial charge >= 0.3 is 6.09 Å². The minimum absolute atomic E-state index is 0.0429. The molecule has 1 aromatic carbocycles. The van der Waals surface area contributed by atoms with Gasteiger partial charge < -0.3 is 14.8 Å². The SMILES string of the molecule is CCOC(=O)NS(=O)(=O)CNc1[nH]nc(OC)c1-c1ccc(F)cc1. The van der Waals surface area contributed by atoms with Crippen molar-refractivity contribution in [1.29, 1.82) is 0 Å². The van der Waals surface area contributed by atoms with Gasteiger partial charge in [0, 0.05) is 0 Å². The first-order valence-electron chi connectivity index (χ1n) is 7.15. The second-order valence-corrected chi connectivity index (χ2v) is 6.47. The first-order valence-corrected chi connectivity index (χ1v) is 8.81. The standard InChI is InChI=1S/C14H17FN4O5S/c1-3-24-14(20)19-25(21,22)8-16-12-11(13(23-2)18-17-12)9-4-6-10(15)7-5-9/h4-7H,3,8H2,1-2H3,(H,19,20)(H2,16,17,18). The lowest BCUT2D eigenvalue weighted by Gasteiger charge is -2.10. The van der Waals surface area contributed by atoms with E-state index in [1.165, 1.54) is 31.4 Å². The van der Waals surface area contributed by atoms with Crippen molar-refractivity contribution in [2.75, 3.05) is 24.9 Å². The van der Waals surface area contributed by atoms with Gasteiger partial charge in [0.2, 0.25) is 5.88 Å². The molecule has 0 aliphatic rings. The number of H-pyrrole nitrogens is 1. The van der Waals surface area contributed by atoms with Crippen molar-refractivity contribution < 1.29 is 27.1 Å². The molecule has 1 heterocycles. The first-order chi connectivity index (χ1) is 11.9. The molecule has 1 amide bonds. The molecule has 136 valence electrons. The number of carbonyl (C=O) groups is 1. The molecule has 9 nitrogen and oxygen atoms in total. The third kappa shape index (κ3) is 4.83. The second kappa shape index (κ2) is 7.83. The average molecular weight is 372 g/mol. The molecule has 3 N–H and O–H groups in total. The number of nitrogens with one attached hydrogen (secondary N) is 3. The van der Waals surface area contributed by atoms with Crippen LogP contribution in [-0.4, -0.2) is 44.3 Å². The number of hydrogen-bond donors (Lipinski definition) is 3. The van der Waals surface area contributed by atoms with E-state index in [1.807, 2.05) is 0 Å². The van der Waals surface area contributed by atoms with E-state index in [2.05, 4.69) is 20.3 Å². The molecule has 0 aliphatic carbocycles. The van der Waals surface area contributed by atoms with Gasteiger partial charge in [-0.1, -0.05) is 12.1 Å². The van der Waals surface area contributed by atoms with Gasteiger partial charge in [-0.3, -0.25) is 5.10 Å². The Morgan fingerprint density at radius 3 is 2.60 bits per heavy atom. The summed E-state index contributed by atoms with van der Waals surface area (Å²) in [6, 6.07) is 5.51. The number of sulfonamides is 1. The molecule has 0 aliphatic heterocycles. The predicted molar refractivity (Wildman–Crippen MR) is 88.1 cm³/mol. The van der Waals surface area contributed by atoms with E-state index in [9.17, 15) is 17.6 Å². The molecule has 0 spiro atoms. The maximum atomic E-state index is 13.1. The minimum atomic E-state index is -3.99. The summed E-state index contributed by atoms with van der Waals surface area (Å²) in [7, 11) is -2.59. The van der Waals surface area contributed by atoms with E-state index in [0.29, 0.717) is 11.1 Å². The Bertz CT molecular complexity index is 835. The number of anilines is 1. The largest absolute Gasteiger partial charge is 0.479 e. The molecule has 11 heteroatoms. The molecule has 25 heavy (non-hydrogen) atoms. The summed E-state index contributed by atoms with van der Waals surface area (Å²) in [5.74, 6) is -0.602. The number of benzene rings is 1. The number of nitrogens with zero attached hydrogens (tertiary/aromatic N) is 1. The van der Waals surface area contributed by atoms with Crippen molar-refractivity contribution in [2.24, 2.45) is 0 Å². The van der Waals surface area contributed by atoms with E-state index >= 15 is 0 Å². The minimum Gasteiger partial charge on any atom is -0.479 e. The van der Waals surface area contributed by atoms with Crippen LogP contribution in [0.3, 0.4) is 0 Å². The number of halogens is 1. The number of hydrogen-bond acceptors (Lipinski definition) is 7. The van der Waals surface area contributed by atoms with Crippen LogP contribution in [0.2, 0.25) is 0 Å². The molecular formula is C14H17FN4O5S. The molecule has 1 aromatic heterocycles. The van der Waals surface area contributed by atoms with Gasteiger partial charge in [0.25, 0.3) is 10.0 Å². The molecule has 0 radical (unpaired) electrons. The van der Waals surface area contributed by atoms with E-state index in [1.54, 1.807) is 11.6 Å². The summed E-state index contributed by atoms with van der Waals surface area (Å²) < 4.78 is 48.2. The van der Waals surface area contributed by atoms with Gasteiger partial charge in [-0.15, -0.1) is 5.10 Å². The van der Waals surface area contributed by atoms with Gasteiger partial charge in [0.1, 0.15) is 17.5 Å². The van der Waals surface area contributed by atoms with Gasteiger partial charge in [-0.25, -0.2) is 22.3 Å². The Hall–Kier alpha value is -2.82. The summed E-state index contributed by atoms with van der Waals surface area (Å²) in [6.07, 6.45) is -1.06. The van der Waals surface area contributed by atoms with Gasteiger partial charge in [0.05, 0.1) is 19.3 Å². The average Bonchev–Trinajstić information content (AvgIpc) is 2.96. The number of carbonyl (C=O) groups excluding carboxylic acids is 1. The van der Waals surface area contributed by atoms with Gasteiger partial charge in [-0.05, 0) is 24.6 Å². The third-order valence-corrected chi connectivity index (χ3v) is 4.01. The monoisotopic (exact) mass is 372 g/mol. The Morgan fingerprint density at radius 1 is 1.32 bits per heavy atom. The van der Waals surface area contributed by atoms with Crippen molar-refractivity contribution in [3.05, 3.63) is 30.1 Å². The van der Waals surface area contributed by atoms with Crippen LogP contribution in [0.15, 0.2) is 24.3 Å². The Kier molecular flexibility index (Phi) is 5.80. The summed E-state index contributed by atoms with van der Waals surface area (Å²) in [5.41, 5.74) is 0.985. The maximum Gasteiger partial charge on any atom is 0.420 e. The van der Waals surface area contributed by atoms with Crippen molar-refractivity contribution in [3.63, 3.8) is 0 Å². The van der Waals surface area contributed by atoms with Gasteiger partial charge in [0.15, 0.2) is 0 Å². The molecule has 0 fully saturated rings. The highest BCUT2D eigenvalue weighted by Crippen LogP contribution is 2.34.